The number of hydrogen-bond acceptors (Lipinski definition) is 5. The van der Waals surface area contributed by atoms with Gasteiger partial charge in [-0.25, -0.2) is 9.59 Å². The number of aliphatic carboxylic acids is 1. The molecule has 9 heteroatoms. The summed E-state index contributed by atoms with van der Waals surface area (Å²) in [5.41, 5.74) is 1.84. The molecule has 0 radical (unpaired) electrons. The van der Waals surface area contributed by atoms with Crippen LogP contribution in [-0.2, 0) is 32.6 Å². The highest BCUT2D eigenvalue weighted by atomic mass is 16.5. The molecule has 2 amide bonds. The number of aryl methyl sites for hydroxylation is 1. The summed E-state index contributed by atoms with van der Waals surface area (Å²) in [4.78, 5) is 46.6. The normalized spacial score (nSPS) is 17.5. The van der Waals surface area contributed by atoms with Gasteiger partial charge in [0.25, 0.3) is 0 Å². The van der Waals surface area contributed by atoms with E-state index in [9.17, 15) is 19.2 Å². The van der Waals surface area contributed by atoms with Gasteiger partial charge >= 0.3 is 11.7 Å². The van der Waals surface area contributed by atoms with Gasteiger partial charge < -0.3 is 9.84 Å². The number of fused-ring (bicyclic) bond motifs is 1. The Morgan fingerprint density at radius 1 is 1.31 bits per heavy atom. The van der Waals surface area contributed by atoms with Crippen molar-refractivity contribution in [3.8, 4) is 0 Å². The van der Waals surface area contributed by atoms with Crippen molar-refractivity contribution in [1.29, 1.82) is 0 Å². The van der Waals surface area contributed by atoms with Crippen LogP contribution in [0, 0.1) is 0 Å². The first-order valence-corrected chi connectivity index (χ1v) is 8.21. The molecule has 0 spiro atoms. The van der Waals surface area contributed by atoms with Crippen molar-refractivity contribution in [2.75, 3.05) is 13.2 Å². The van der Waals surface area contributed by atoms with Crippen molar-refractivity contribution in [3.05, 3.63) is 34.2 Å². The van der Waals surface area contributed by atoms with Gasteiger partial charge in [0.1, 0.15) is 12.6 Å². The minimum absolute atomic E-state index is 0.193. The highest BCUT2D eigenvalue weighted by molar-refractivity contribution is 6.00. The number of carboxylic acid groups (broad SMARTS) is 1. The van der Waals surface area contributed by atoms with E-state index in [4.69, 9.17) is 9.84 Å². The van der Waals surface area contributed by atoms with E-state index in [1.54, 1.807) is 13.1 Å². The maximum atomic E-state index is 12.6. The van der Waals surface area contributed by atoms with E-state index < -0.39 is 17.9 Å². The summed E-state index contributed by atoms with van der Waals surface area (Å²) in [6.07, 6.45) is 0.980. The number of ether oxygens (including phenoxy) is 1. The van der Waals surface area contributed by atoms with Crippen molar-refractivity contribution >= 4 is 28.8 Å². The van der Waals surface area contributed by atoms with Gasteiger partial charge in [0, 0.05) is 13.5 Å². The number of imide groups is 1. The Morgan fingerprint density at radius 3 is 2.77 bits per heavy atom. The van der Waals surface area contributed by atoms with E-state index in [1.165, 1.54) is 9.13 Å². The van der Waals surface area contributed by atoms with E-state index in [2.05, 4.69) is 5.32 Å². The van der Waals surface area contributed by atoms with Crippen LogP contribution in [-0.4, -0.2) is 45.2 Å². The van der Waals surface area contributed by atoms with Gasteiger partial charge in [0.15, 0.2) is 0 Å². The molecular weight excluding hydrogens is 342 g/mol. The third kappa shape index (κ3) is 3.38. The van der Waals surface area contributed by atoms with Gasteiger partial charge in [-0.15, -0.1) is 0 Å². The molecule has 3 rings (SSSR count). The fraction of sp³-hybridized carbons (Fsp3) is 0.412. The molecule has 1 atom stereocenters. The van der Waals surface area contributed by atoms with E-state index >= 15 is 0 Å². The number of amides is 2. The number of imidazole rings is 1. The van der Waals surface area contributed by atoms with E-state index in [1.807, 2.05) is 12.1 Å². The smallest absolute Gasteiger partial charge is 0.329 e. The van der Waals surface area contributed by atoms with Crippen molar-refractivity contribution in [1.82, 2.24) is 14.5 Å². The number of carbonyl (C=O) groups excluding carboxylic acids is 2. The minimum Gasteiger partial charge on any atom is -0.480 e. The van der Waals surface area contributed by atoms with Crippen molar-refractivity contribution < 1.29 is 24.2 Å². The first kappa shape index (κ1) is 17.9. The highest BCUT2D eigenvalue weighted by Gasteiger charge is 2.31. The molecule has 0 bridgehead atoms. The van der Waals surface area contributed by atoms with E-state index in [-0.39, 0.29) is 37.7 Å². The van der Waals surface area contributed by atoms with Crippen LogP contribution < -0.4 is 11.0 Å². The number of aromatic nitrogens is 2. The van der Waals surface area contributed by atoms with Gasteiger partial charge in [0.05, 0.1) is 17.6 Å². The number of hydrogen-bond donors (Lipinski definition) is 2. The maximum absolute atomic E-state index is 12.6. The first-order valence-electron chi connectivity index (χ1n) is 8.21. The molecule has 138 valence electrons. The molecule has 2 heterocycles. The molecule has 26 heavy (non-hydrogen) atoms. The molecule has 2 aromatic rings. The monoisotopic (exact) mass is 361 g/mol. The molecule has 0 aliphatic carbocycles. The summed E-state index contributed by atoms with van der Waals surface area (Å²) in [5, 5.41) is 10.8. The van der Waals surface area contributed by atoms with Crippen LogP contribution in [0.4, 0.5) is 0 Å². The molecule has 1 aliphatic rings. The summed E-state index contributed by atoms with van der Waals surface area (Å²) in [7, 11) is 1.62. The molecule has 1 fully saturated rings. The van der Waals surface area contributed by atoms with Gasteiger partial charge in [-0.05, 0) is 30.5 Å². The van der Waals surface area contributed by atoms with Crippen LogP contribution in [0.5, 0.6) is 0 Å². The third-order valence-corrected chi connectivity index (χ3v) is 4.44. The Bertz CT molecular complexity index is 942. The van der Waals surface area contributed by atoms with Gasteiger partial charge in [-0.1, -0.05) is 6.07 Å². The zero-order chi connectivity index (χ0) is 18.8. The summed E-state index contributed by atoms with van der Waals surface area (Å²) in [5.74, 6) is -1.82. The predicted molar refractivity (Wildman–Crippen MR) is 90.8 cm³/mol. The van der Waals surface area contributed by atoms with Crippen LogP contribution in [0.2, 0.25) is 0 Å². The average Bonchev–Trinajstić information content (AvgIpc) is 2.83. The average molecular weight is 361 g/mol. The summed E-state index contributed by atoms with van der Waals surface area (Å²) in [6.45, 7) is -0.105. The van der Waals surface area contributed by atoms with Gasteiger partial charge in [-0.2, -0.15) is 0 Å². The number of rotatable bonds is 6. The molecule has 9 nitrogen and oxygen atoms in total. The number of carbonyl (C=O) groups is 3. The summed E-state index contributed by atoms with van der Waals surface area (Å²) in [6, 6.07) is 4.68. The molecule has 2 N–H and O–H groups in total. The fourth-order valence-electron chi connectivity index (χ4n) is 3.14. The zero-order valence-corrected chi connectivity index (χ0v) is 14.2. The highest BCUT2D eigenvalue weighted by Crippen LogP contribution is 2.23. The SMILES string of the molecule is Cn1c(=O)n(C2CCC(=O)NC2=O)c2ccc(CCOCC(=O)O)cc21. The molecule has 0 saturated carbocycles. The number of nitrogens with zero attached hydrogens (tertiary/aromatic N) is 2. The Kier molecular flexibility index (Phi) is 4.90. The second-order valence-corrected chi connectivity index (χ2v) is 6.20. The van der Waals surface area contributed by atoms with Crippen LogP contribution in [0.25, 0.3) is 11.0 Å². The Balaban J connectivity index is 1.88. The lowest BCUT2D eigenvalue weighted by molar-refractivity contribution is -0.142. The fourth-order valence-corrected chi connectivity index (χ4v) is 3.14. The predicted octanol–water partition coefficient (Wildman–Crippen LogP) is -0.0386. The molecule has 1 aromatic heterocycles. The topological polar surface area (TPSA) is 120 Å². The Hall–Kier alpha value is -2.94. The van der Waals surface area contributed by atoms with Crippen LogP contribution in [0.3, 0.4) is 0 Å². The van der Waals surface area contributed by atoms with Crippen LogP contribution >= 0.6 is 0 Å². The van der Waals surface area contributed by atoms with E-state index in [0.717, 1.165) is 5.56 Å². The zero-order valence-electron chi connectivity index (χ0n) is 14.2. The summed E-state index contributed by atoms with van der Waals surface area (Å²) >= 11 is 0. The number of nitrogens with one attached hydrogen (secondary N) is 1. The van der Waals surface area contributed by atoms with Crippen LogP contribution in [0.1, 0.15) is 24.4 Å². The Morgan fingerprint density at radius 2 is 2.08 bits per heavy atom. The van der Waals surface area contributed by atoms with Crippen molar-refractivity contribution in [2.24, 2.45) is 7.05 Å². The number of piperidine rings is 1. The van der Waals surface area contributed by atoms with Gasteiger partial charge in [0.2, 0.25) is 11.8 Å². The first-order chi connectivity index (χ1) is 12.4. The lowest BCUT2D eigenvalue weighted by Gasteiger charge is -2.21. The number of carboxylic acids is 1. The number of benzene rings is 1. The lowest BCUT2D eigenvalue weighted by Crippen LogP contribution is -2.44. The van der Waals surface area contributed by atoms with E-state index in [0.29, 0.717) is 17.5 Å². The molecule has 1 aromatic carbocycles. The second-order valence-electron chi connectivity index (χ2n) is 6.20. The Labute approximate surface area is 148 Å². The largest absolute Gasteiger partial charge is 0.480 e. The van der Waals surface area contributed by atoms with Crippen molar-refractivity contribution in [3.63, 3.8) is 0 Å². The van der Waals surface area contributed by atoms with Crippen LogP contribution in [0.15, 0.2) is 23.0 Å². The standard InChI is InChI=1S/C17H19N3O6/c1-19-13-8-10(6-7-26-9-15(22)23)2-3-11(13)20(17(19)25)12-4-5-14(21)18-16(12)24/h2-3,8,12H,4-7,9H2,1H3,(H,22,23)(H,18,21,24). The lowest BCUT2D eigenvalue weighted by atomic mass is 10.1. The molecule has 1 unspecified atom stereocenters. The molecule has 1 saturated heterocycles. The maximum Gasteiger partial charge on any atom is 0.329 e. The quantitative estimate of drug-likeness (QED) is 0.550. The minimum atomic E-state index is -1.02. The third-order valence-electron chi connectivity index (χ3n) is 4.44. The molecule has 1 aliphatic heterocycles. The molecular formula is C17H19N3O6. The second kappa shape index (κ2) is 7.12. The van der Waals surface area contributed by atoms with Crippen molar-refractivity contribution in [2.45, 2.75) is 25.3 Å². The van der Waals surface area contributed by atoms with Gasteiger partial charge in [-0.3, -0.25) is 24.0 Å². The summed E-state index contributed by atoms with van der Waals surface area (Å²) < 4.78 is 7.91.